The van der Waals surface area contributed by atoms with Crippen molar-refractivity contribution in [2.24, 2.45) is 5.92 Å². The molecule has 1 heterocycles. The number of ether oxygens (including phenoxy) is 1. The average molecular weight is 562 g/mol. The van der Waals surface area contributed by atoms with Crippen molar-refractivity contribution in [1.82, 2.24) is 14.8 Å². The molecule has 1 aliphatic carbocycles. The van der Waals surface area contributed by atoms with Crippen LogP contribution >= 0.6 is 35.4 Å². The normalized spacial score (nSPS) is 17.0. The van der Waals surface area contributed by atoms with E-state index >= 15 is 0 Å². The summed E-state index contributed by atoms with van der Waals surface area (Å²) in [6.45, 7) is 0. The van der Waals surface area contributed by atoms with Crippen molar-refractivity contribution >= 4 is 40.3 Å². The molecule has 1 fully saturated rings. The first-order chi connectivity index (χ1) is 17.7. The van der Waals surface area contributed by atoms with Gasteiger partial charge in [0.05, 0.1) is 5.69 Å². The highest BCUT2D eigenvalue weighted by molar-refractivity contribution is 7.80. The lowest BCUT2D eigenvalue weighted by Crippen LogP contribution is -2.17. The van der Waals surface area contributed by atoms with Gasteiger partial charge < -0.3 is 4.74 Å². The smallest absolute Gasteiger partial charge is 0.406 e. The second-order valence-corrected chi connectivity index (χ2v) is 10.3. The predicted octanol–water partition coefficient (Wildman–Crippen LogP) is 8.25. The van der Waals surface area contributed by atoms with E-state index < -0.39 is 6.36 Å². The van der Waals surface area contributed by atoms with Gasteiger partial charge in [-0.15, -0.1) is 18.3 Å². The van der Waals surface area contributed by atoms with Crippen LogP contribution in [-0.4, -0.2) is 26.0 Å². The van der Waals surface area contributed by atoms with Crippen LogP contribution in [0, 0.1) is 5.92 Å². The molecule has 1 saturated carbocycles. The van der Waals surface area contributed by atoms with Crippen molar-refractivity contribution in [3.8, 4) is 22.8 Å². The highest BCUT2D eigenvalue weighted by Gasteiger charge is 2.38. The van der Waals surface area contributed by atoms with Crippen molar-refractivity contribution in [3.05, 3.63) is 94.2 Å². The van der Waals surface area contributed by atoms with Gasteiger partial charge >= 0.3 is 6.36 Å². The van der Waals surface area contributed by atoms with E-state index in [0.29, 0.717) is 39.8 Å². The van der Waals surface area contributed by atoms with Crippen LogP contribution in [0.4, 0.5) is 13.2 Å². The largest absolute Gasteiger partial charge is 0.573 e. The van der Waals surface area contributed by atoms with Crippen LogP contribution < -0.4 is 4.74 Å². The van der Waals surface area contributed by atoms with E-state index in [0.717, 1.165) is 28.8 Å². The Bertz CT molecular complexity index is 1400. The van der Waals surface area contributed by atoms with Crippen molar-refractivity contribution in [2.45, 2.75) is 31.5 Å². The summed E-state index contributed by atoms with van der Waals surface area (Å²) in [5, 5.41) is 5.74. The Balaban J connectivity index is 1.18. The molecule has 4 aromatic rings. The molecule has 3 aromatic carbocycles. The van der Waals surface area contributed by atoms with Gasteiger partial charge in [0.2, 0.25) is 0 Å². The van der Waals surface area contributed by atoms with Gasteiger partial charge in [-0.1, -0.05) is 65.8 Å². The molecule has 0 bridgehead atoms. The SMILES string of the molecule is FC(F)(F)Oc1ccc(-n2cnc(-c3ccc(C4CC4CC(=S)Cc4c(Cl)cccc4Cl)cc3)n2)cc1. The third-order valence-corrected chi connectivity index (χ3v) is 7.29. The fourth-order valence-corrected chi connectivity index (χ4v) is 5.23. The average Bonchev–Trinajstić information content (AvgIpc) is 3.43. The second kappa shape index (κ2) is 10.4. The number of nitrogens with zero attached hydrogens (tertiary/aromatic N) is 3. The molecule has 10 heteroatoms. The Morgan fingerprint density at radius 1 is 1.00 bits per heavy atom. The maximum atomic E-state index is 12.4. The summed E-state index contributed by atoms with van der Waals surface area (Å²) in [4.78, 5) is 5.30. The molecule has 0 N–H and O–H groups in total. The number of aromatic nitrogens is 3. The van der Waals surface area contributed by atoms with E-state index in [1.54, 1.807) is 0 Å². The van der Waals surface area contributed by atoms with Crippen molar-refractivity contribution in [1.29, 1.82) is 0 Å². The Kier molecular flexibility index (Phi) is 7.25. The number of hydrogen-bond acceptors (Lipinski definition) is 4. The zero-order valence-corrected chi connectivity index (χ0v) is 21.6. The molecule has 0 spiro atoms. The molecule has 4 nitrogen and oxygen atoms in total. The molecular weight excluding hydrogens is 542 g/mol. The molecule has 0 saturated heterocycles. The van der Waals surface area contributed by atoms with Crippen LogP contribution in [0.15, 0.2) is 73.1 Å². The standard InChI is InChI=1S/C27H20Cl2F3N3OS/c28-24-2-1-3-25(29)23(24)14-21(37)12-18-13-22(18)16-4-6-17(7-5-16)26-33-15-35(34-26)19-8-10-20(11-9-19)36-27(30,31)32/h1-11,15,18,22H,12-14H2. The van der Waals surface area contributed by atoms with Crippen molar-refractivity contribution in [2.75, 3.05) is 0 Å². The summed E-state index contributed by atoms with van der Waals surface area (Å²) in [5.41, 5.74) is 3.54. The molecule has 5 rings (SSSR count). The van der Waals surface area contributed by atoms with Crippen LogP contribution in [0.3, 0.4) is 0 Å². The summed E-state index contributed by atoms with van der Waals surface area (Å²) >= 11 is 18.2. The number of thiocarbonyl (C=S) groups is 1. The Morgan fingerprint density at radius 3 is 2.32 bits per heavy atom. The van der Waals surface area contributed by atoms with Gasteiger partial charge in [-0.25, -0.2) is 9.67 Å². The fraction of sp³-hybridized carbons (Fsp3) is 0.222. The first-order valence-electron chi connectivity index (χ1n) is 11.5. The molecular formula is C27H20Cl2F3N3OS. The van der Waals surface area contributed by atoms with Gasteiger partial charge in [0.15, 0.2) is 5.82 Å². The number of halogens is 5. The summed E-state index contributed by atoms with van der Waals surface area (Å²) < 4.78 is 42.5. The van der Waals surface area contributed by atoms with Crippen LogP contribution in [-0.2, 0) is 6.42 Å². The first kappa shape index (κ1) is 25.7. The number of alkyl halides is 3. The van der Waals surface area contributed by atoms with Gasteiger partial charge in [-0.05, 0) is 77.1 Å². The maximum Gasteiger partial charge on any atom is 0.573 e. The lowest BCUT2D eigenvalue weighted by atomic mass is 10.0. The van der Waals surface area contributed by atoms with E-state index in [1.165, 1.54) is 40.8 Å². The molecule has 0 amide bonds. The Morgan fingerprint density at radius 2 is 1.68 bits per heavy atom. The van der Waals surface area contributed by atoms with Gasteiger partial charge in [0.1, 0.15) is 12.1 Å². The highest BCUT2D eigenvalue weighted by Crippen LogP contribution is 2.50. The number of benzene rings is 3. The minimum atomic E-state index is -4.73. The van der Waals surface area contributed by atoms with E-state index in [1.807, 2.05) is 30.3 Å². The van der Waals surface area contributed by atoms with Crippen LogP contribution in [0.5, 0.6) is 5.75 Å². The lowest BCUT2D eigenvalue weighted by molar-refractivity contribution is -0.274. The van der Waals surface area contributed by atoms with E-state index in [4.69, 9.17) is 35.4 Å². The molecule has 0 radical (unpaired) electrons. The summed E-state index contributed by atoms with van der Waals surface area (Å²) in [5.74, 6) is 1.18. The van der Waals surface area contributed by atoms with Crippen molar-refractivity contribution in [3.63, 3.8) is 0 Å². The minimum absolute atomic E-state index is 0.293. The van der Waals surface area contributed by atoms with Crippen LogP contribution in [0.25, 0.3) is 17.1 Å². The van der Waals surface area contributed by atoms with Gasteiger partial charge in [0.25, 0.3) is 0 Å². The van der Waals surface area contributed by atoms with Gasteiger partial charge in [-0.3, -0.25) is 0 Å². The molecule has 2 atom stereocenters. The summed E-state index contributed by atoms with van der Waals surface area (Å²) in [7, 11) is 0. The van der Waals surface area contributed by atoms with Crippen molar-refractivity contribution < 1.29 is 17.9 Å². The van der Waals surface area contributed by atoms with E-state index in [2.05, 4.69) is 27.0 Å². The van der Waals surface area contributed by atoms with Crippen LogP contribution in [0.2, 0.25) is 10.0 Å². The quantitative estimate of drug-likeness (QED) is 0.203. The molecule has 190 valence electrons. The zero-order chi connectivity index (χ0) is 26.2. The Labute approximate surface area is 227 Å². The van der Waals surface area contributed by atoms with Gasteiger partial charge in [-0.2, -0.15) is 0 Å². The van der Waals surface area contributed by atoms with Gasteiger partial charge in [0, 0.05) is 22.0 Å². The molecule has 0 aliphatic heterocycles. The third-order valence-electron chi connectivity index (χ3n) is 6.27. The second-order valence-electron chi connectivity index (χ2n) is 8.90. The summed E-state index contributed by atoms with van der Waals surface area (Å²) in [6, 6.07) is 19.0. The Hall–Kier alpha value is -2.94. The minimum Gasteiger partial charge on any atom is -0.406 e. The topological polar surface area (TPSA) is 39.9 Å². The third kappa shape index (κ3) is 6.32. The molecule has 1 aliphatic rings. The molecule has 1 aromatic heterocycles. The van der Waals surface area contributed by atoms with Crippen LogP contribution in [0.1, 0.15) is 29.9 Å². The number of hydrogen-bond donors (Lipinski definition) is 0. The monoisotopic (exact) mass is 561 g/mol. The maximum absolute atomic E-state index is 12.4. The fourth-order valence-electron chi connectivity index (χ4n) is 4.34. The molecule has 2 unspecified atom stereocenters. The highest BCUT2D eigenvalue weighted by atomic mass is 35.5. The first-order valence-corrected chi connectivity index (χ1v) is 12.7. The summed E-state index contributed by atoms with van der Waals surface area (Å²) in [6.07, 6.45) is -0.682. The van der Waals surface area contributed by atoms with E-state index in [-0.39, 0.29) is 5.75 Å². The zero-order valence-electron chi connectivity index (χ0n) is 19.3. The van der Waals surface area contributed by atoms with E-state index in [9.17, 15) is 13.2 Å². The number of rotatable bonds is 8. The predicted molar refractivity (Wildman–Crippen MR) is 142 cm³/mol. The molecule has 37 heavy (non-hydrogen) atoms. The lowest BCUT2D eigenvalue weighted by Gasteiger charge is -2.09.